The van der Waals surface area contributed by atoms with Gasteiger partial charge >= 0.3 is 5.97 Å². The fourth-order valence-corrected chi connectivity index (χ4v) is 2.66. The van der Waals surface area contributed by atoms with Gasteiger partial charge in [0.25, 0.3) is 0 Å². The van der Waals surface area contributed by atoms with Gasteiger partial charge in [0, 0.05) is 6.54 Å². The lowest BCUT2D eigenvalue weighted by Gasteiger charge is -2.25. The highest BCUT2D eigenvalue weighted by molar-refractivity contribution is 5.90. The highest BCUT2D eigenvalue weighted by atomic mass is 16.5. The monoisotopic (exact) mass is 293 g/mol. The Morgan fingerprint density at radius 2 is 1.95 bits per heavy atom. The van der Waals surface area contributed by atoms with E-state index < -0.39 is 5.97 Å². The Bertz CT molecular complexity index is 455. The number of ether oxygens (including phenoxy) is 1. The van der Waals surface area contributed by atoms with Crippen LogP contribution in [-0.2, 0) is 0 Å². The van der Waals surface area contributed by atoms with E-state index in [1.165, 1.54) is 0 Å². The molecule has 2 rings (SSSR count). The van der Waals surface area contributed by atoms with Gasteiger partial charge in [-0.1, -0.05) is 12.1 Å². The van der Waals surface area contributed by atoms with E-state index in [-0.39, 0.29) is 11.7 Å². The lowest BCUT2D eigenvalue weighted by Crippen LogP contribution is -2.30. The van der Waals surface area contributed by atoms with Crippen molar-refractivity contribution in [1.82, 2.24) is 5.32 Å². The molecule has 5 nitrogen and oxygen atoms in total. The smallest absolute Gasteiger partial charge is 0.339 e. The molecule has 1 saturated carbocycles. The van der Waals surface area contributed by atoms with E-state index in [0.29, 0.717) is 24.8 Å². The summed E-state index contributed by atoms with van der Waals surface area (Å²) in [5.41, 5.74) is 0.193. The third-order valence-electron chi connectivity index (χ3n) is 3.90. The van der Waals surface area contributed by atoms with Crippen molar-refractivity contribution in [2.24, 2.45) is 5.92 Å². The second kappa shape index (κ2) is 8.00. The molecule has 0 amide bonds. The van der Waals surface area contributed by atoms with Crippen LogP contribution < -0.4 is 10.1 Å². The summed E-state index contributed by atoms with van der Waals surface area (Å²) in [4.78, 5) is 11.0. The SMILES string of the molecule is O=C(O)c1ccccc1OCCNCC1CCC(O)CC1. The molecular formula is C16H23NO4. The van der Waals surface area contributed by atoms with Gasteiger partial charge in [-0.15, -0.1) is 0 Å². The highest BCUT2D eigenvalue weighted by Crippen LogP contribution is 2.23. The van der Waals surface area contributed by atoms with Crippen molar-refractivity contribution >= 4 is 5.97 Å². The van der Waals surface area contributed by atoms with Crippen molar-refractivity contribution in [2.75, 3.05) is 19.7 Å². The average Bonchev–Trinajstić information content (AvgIpc) is 2.49. The first kappa shape index (κ1) is 15.8. The second-order valence-corrected chi connectivity index (χ2v) is 5.53. The Morgan fingerprint density at radius 3 is 2.67 bits per heavy atom. The fourth-order valence-electron chi connectivity index (χ4n) is 2.66. The summed E-state index contributed by atoms with van der Waals surface area (Å²) in [5.74, 6) is 0.0617. The molecule has 0 saturated heterocycles. The van der Waals surface area contributed by atoms with Crippen LogP contribution in [0.5, 0.6) is 5.75 Å². The minimum atomic E-state index is -0.973. The molecule has 0 aromatic heterocycles. The number of aromatic carboxylic acids is 1. The molecule has 1 aromatic rings. The van der Waals surface area contributed by atoms with Gasteiger partial charge < -0.3 is 20.3 Å². The molecule has 0 heterocycles. The van der Waals surface area contributed by atoms with Crippen LogP contribution in [0.4, 0.5) is 0 Å². The number of hydrogen-bond donors (Lipinski definition) is 3. The molecule has 0 atom stereocenters. The van der Waals surface area contributed by atoms with E-state index in [1.807, 2.05) is 0 Å². The summed E-state index contributed by atoms with van der Waals surface area (Å²) >= 11 is 0. The highest BCUT2D eigenvalue weighted by Gasteiger charge is 2.18. The third-order valence-corrected chi connectivity index (χ3v) is 3.90. The molecule has 1 aromatic carbocycles. The Labute approximate surface area is 124 Å². The van der Waals surface area contributed by atoms with Gasteiger partial charge in [0.1, 0.15) is 17.9 Å². The standard InChI is InChI=1S/C16H23NO4/c18-13-7-5-12(6-8-13)11-17-9-10-21-15-4-2-1-3-14(15)16(19)20/h1-4,12-13,17-18H,5-11H2,(H,19,20). The zero-order valence-electron chi connectivity index (χ0n) is 12.1. The molecule has 0 unspecified atom stereocenters. The summed E-state index contributed by atoms with van der Waals surface area (Å²) in [7, 11) is 0. The van der Waals surface area contributed by atoms with E-state index in [0.717, 1.165) is 32.2 Å². The minimum absolute atomic E-state index is 0.114. The number of carbonyl (C=O) groups is 1. The summed E-state index contributed by atoms with van der Waals surface area (Å²) in [6, 6.07) is 6.67. The summed E-state index contributed by atoms with van der Waals surface area (Å²) in [6.07, 6.45) is 3.81. The Morgan fingerprint density at radius 1 is 1.24 bits per heavy atom. The lowest BCUT2D eigenvalue weighted by molar-refractivity contribution is 0.0692. The number of aliphatic hydroxyl groups excluding tert-OH is 1. The van der Waals surface area contributed by atoms with Crippen molar-refractivity contribution in [3.8, 4) is 5.75 Å². The van der Waals surface area contributed by atoms with Gasteiger partial charge in [-0.05, 0) is 50.3 Å². The predicted octanol–water partition coefficient (Wildman–Crippen LogP) is 1.90. The maximum absolute atomic E-state index is 11.0. The second-order valence-electron chi connectivity index (χ2n) is 5.53. The van der Waals surface area contributed by atoms with Gasteiger partial charge in [0.05, 0.1) is 6.10 Å². The molecule has 116 valence electrons. The van der Waals surface area contributed by atoms with Crippen molar-refractivity contribution < 1.29 is 19.7 Å². The number of carboxylic acid groups (broad SMARTS) is 1. The van der Waals surface area contributed by atoms with Gasteiger partial charge in [0.15, 0.2) is 0 Å². The largest absolute Gasteiger partial charge is 0.491 e. The first-order valence-corrected chi connectivity index (χ1v) is 7.50. The maximum Gasteiger partial charge on any atom is 0.339 e. The van der Waals surface area contributed by atoms with E-state index in [9.17, 15) is 9.90 Å². The summed E-state index contributed by atoms with van der Waals surface area (Å²) < 4.78 is 5.52. The normalized spacial score (nSPS) is 22.0. The molecule has 0 aliphatic heterocycles. The maximum atomic E-state index is 11.0. The Hall–Kier alpha value is -1.59. The number of benzene rings is 1. The van der Waals surface area contributed by atoms with Crippen molar-refractivity contribution in [3.63, 3.8) is 0 Å². The van der Waals surface area contributed by atoms with Gasteiger partial charge in [-0.2, -0.15) is 0 Å². The Kier molecular flexibility index (Phi) is 6.02. The first-order chi connectivity index (χ1) is 10.2. The number of para-hydroxylation sites is 1. The van der Waals surface area contributed by atoms with Crippen LogP contribution >= 0.6 is 0 Å². The van der Waals surface area contributed by atoms with Crippen LogP contribution in [0.25, 0.3) is 0 Å². The van der Waals surface area contributed by atoms with Crippen LogP contribution in [0, 0.1) is 5.92 Å². The van der Waals surface area contributed by atoms with Crippen molar-refractivity contribution in [2.45, 2.75) is 31.8 Å². The quantitative estimate of drug-likeness (QED) is 0.669. The van der Waals surface area contributed by atoms with Crippen LogP contribution in [0.1, 0.15) is 36.0 Å². The molecule has 0 bridgehead atoms. The molecule has 1 aliphatic rings. The predicted molar refractivity (Wildman–Crippen MR) is 79.7 cm³/mol. The van der Waals surface area contributed by atoms with E-state index >= 15 is 0 Å². The zero-order chi connectivity index (χ0) is 15.1. The number of aliphatic hydroxyl groups is 1. The molecule has 1 fully saturated rings. The molecule has 0 radical (unpaired) electrons. The zero-order valence-corrected chi connectivity index (χ0v) is 12.1. The average molecular weight is 293 g/mol. The van der Waals surface area contributed by atoms with E-state index in [4.69, 9.17) is 9.84 Å². The van der Waals surface area contributed by atoms with Crippen LogP contribution in [-0.4, -0.2) is 42.0 Å². The number of hydrogen-bond acceptors (Lipinski definition) is 4. The van der Waals surface area contributed by atoms with Crippen LogP contribution in [0.2, 0.25) is 0 Å². The van der Waals surface area contributed by atoms with Gasteiger partial charge in [-0.3, -0.25) is 0 Å². The van der Waals surface area contributed by atoms with Crippen LogP contribution in [0.3, 0.4) is 0 Å². The topological polar surface area (TPSA) is 78.8 Å². The Balaban J connectivity index is 1.65. The molecule has 3 N–H and O–H groups in total. The fraction of sp³-hybridized carbons (Fsp3) is 0.562. The number of rotatable bonds is 7. The molecule has 5 heteroatoms. The van der Waals surface area contributed by atoms with Crippen molar-refractivity contribution in [1.29, 1.82) is 0 Å². The van der Waals surface area contributed by atoms with Gasteiger partial charge in [0.2, 0.25) is 0 Å². The summed E-state index contributed by atoms with van der Waals surface area (Å²) in [6.45, 7) is 2.06. The minimum Gasteiger partial charge on any atom is -0.491 e. The molecule has 1 aliphatic carbocycles. The van der Waals surface area contributed by atoms with E-state index in [2.05, 4.69) is 5.32 Å². The van der Waals surface area contributed by atoms with Crippen molar-refractivity contribution in [3.05, 3.63) is 29.8 Å². The number of nitrogens with one attached hydrogen (secondary N) is 1. The molecule has 0 spiro atoms. The van der Waals surface area contributed by atoms with E-state index in [1.54, 1.807) is 24.3 Å². The first-order valence-electron chi connectivity index (χ1n) is 7.50. The van der Waals surface area contributed by atoms with Gasteiger partial charge in [-0.25, -0.2) is 4.79 Å². The molecule has 21 heavy (non-hydrogen) atoms. The van der Waals surface area contributed by atoms with Crippen LogP contribution in [0.15, 0.2) is 24.3 Å². The lowest BCUT2D eigenvalue weighted by atomic mass is 9.87. The molecular weight excluding hydrogens is 270 g/mol. The third kappa shape index (κ3) is 5.02. The number of carboxylic acids is 1. The summed E-state index contributed by atoms with van der Waals surface area (Å²) in [5, 5.41) is 21.8.